The molecule has 1 unspecified atom stereocenters. The minimum absolute atomic E-state index is 0.261. The smallest absolute Gasteiger partial charge is 0.0768 e. The Kier molecular flexibility index (Phi) is 2.31. The van der Waals surface area contributed by atoms with Crippen molar-refractivity contribution in [1.29, 1.82) is 0 Å². The molecule has 2 heteroatoms. The Morgan fingerprint density at radius 1 is 1.54 bits per heavy atom. The Hall–Kier alpha value is -0.520. The Bertz CT molecular complexity index is 365. The van der Waals surface area contributed by atoms with E-state index in [9.17, 15) is 5.11 Å². The maximum Gasteiger partial charge on any atom is 0.0768 e. The molecule has 1 N–H and O–H groups in total. The lowest BCUT2D eigenvalue weighted by molar-refractivity contribution is 0.210. The quantitative estimate of drug-likeness (QED) is 0.644. The molecule has 68 valence electrons. The van der Waals surface area contributed by atoms with Crippen LogP contribution in [0.3, 0.4) is 0 Å². The molecule has 2 rings (SSSR count). The van der Waals surface area contributed by atoms with E-state index >= 15 is 0 Å². The molecule has 0 aromatic rings. The van der Waals surface area contributed by atoms with Crippen molar-refractivity contribution in [2.24, 2.45) is 0 Å². The van der Waals surface area contributed by atoms with Crippen molar-refractivity contribution in [3.8, 4) is 11.8 Å². The average molecular weight is 239 g/mol. The average Bonchev–Trinajstić information content (AvgIpc) is 2.40. The molecular formula is C11H11BrO. The van der Waals surface area contributed by atoms with Crippen LogP contribution in [0.15, 0.2) is 21.2 Å². The molecule has 2 aliphatic carbocycles. The molecule has 1 atom stereocenters. The first kappa shape index (κ1) is 9.05. The highest BCUT2D eigenvalue weighted by Gasteiger charge is 2.25. The molecule has 0 amide bonds. The minimum Gasteiger partial charge on any atom is -0.389 e. The van der Waals surface area contributed by atoms with E-state index in [4.69, 9.17) is 0 Å². The molecule has 0 aromatic heterocycles. The highest BCUT2D eigenvalue weighted by molar-refractivity contribution is 9.12. The van der Waals surface area contributed by atoms with Crippen LogP contribution in [0.5, 0.6) is 0 Å². The molecule has 2 aliphatic rings. The van der Waals surface area contributed by atoms with Gasteiger partial charge in [-0.3, -0.25) is 0 Å². The Morgan fingerprint density at radius 3 is 3.08 bits per heavy atom. The van der Waals surface area contributed by atoms with Crippen LogP contribution in [-0.2, 0) is 0 Å². The molecule has 0 heterocycles. The van der Waals surface area contributed by atoms with Crippen LogP contribution in [0.4, 0.5) is 0 Å². The fourth-order valence-electron chi connectivity index (χ4n) is 1.85. The maximum atomic E-state index is 9.68. The van der Waals surface area contributed by atoms with Gasteiger partial charge in [-0.25, -0.2) is 0 Å². The van der Waals surface area contributed by atoms with E-state index in [2.05, 4.69) is 27.8 Å². The van der Waals surface area contributed by atoms with Gasteiger partial charge in [0.1, 0.15) is 0 Å². The predicted octanol–water partition coefficient (Wildman–Crippen LogP) is 2.51. The van der Waals surface area contributed by atoms with Crippen LogP contribution in [0.25, 0.3) is 0 Å². The molecule has 0 saturated carbocycles. The van der Waals surface area contributed by atoms with Crippen LogP contribution in [0, 0.1) is 11.8 Å². The van der Waals surface area contributed by atoms with Gasteiger partial charge in [-0.15, -0.1) is 0 Å². The van der Waals surface area contributed by atoms with E-state index in [-0.39, 0.29) is 6.10 Å². The SMILES string of the molecule is CC1=C(Br)C2=C(CC#C1)C(O)CC2. The number of aliphatic hydroxyl groups is 1. The molecular weight excluding hydrogens is 228 g/mol. The number of aliphatic hydroxyl groups excluding tert-OH is 1. The molecule has 0 saturated heterocycles. The van der Waals surface area contributed by atoms with E-state index in [1.54, 1.807) is 0 Å². The van der Waals surface area contributed by atoms with Gasteiger partial charge in [0.15, 0.2) is 0 Å². The standard InChI is InChI=1S/C11H11BrO/c1-7-3-2-4-8-9(11(7)12)5-6-10(8)13/h10,13H,4-6H2,1H3. The van der Waals surface area contributed by atoms with Crippen LogP contribution in [0.1, 0.15) is 26.2 Å². The van der Waals surface area contributed by atoms with Gasteiger partial charge in [-0.1, -0.05) is 11.8 Å². The Labute approximate surface area is 86.7 Å². The number of hydrogen-bond donors (Lipinski definition) is 1. The summed E-state index contributed by atoms with van der Waals surface area (Å²) >= 11 is 3.55. The van der Waals surface area contributed by atoms with Gasteiger partial charge in [0.05, 0.1) is 6.10 Å². The fourth-order valence-corrected chi connectivity index (χ4v) is 2.40. The van der Waals surface area contributed by atoms with Gasteiger partial charge in [0, 0.05) is 16.5 Å². The van der Waals surface area contributed by atoms with Crippen molar-refractivity contribution in [2.75, 3.05) is 0 Å². The second-order valence-electron chi connectivity index (χ2n) is 3.48. The first-order chi connectivity index (χ1) is 6.20. The highest BCUT2D eigenvalue weighted by atomic mass is 79.9. The second-order valence-corrected chi connectivity index (χ2v) is 4.27. The van der Waals surface area contributed by atoms with Crippen molar-refractivity contribution >= 4 is 15.9 Å². The Morgan fingerprint density at radius 2 is 2.31 bits per heavy atom. The molecule has 0 spiro atoms. The van der Waals surface area contributed by atoms with Crippen LogP contribution in [0.2, 0.25) is 0 Å². The van der Waals surface area contributed by atoms with E-state index < -0.39 is 0 Å². The third-order valence-corrected chi connectivity index (χ3v) is 3.68. The summed E-state index contributed by atoms with van der Waals surface area (Å²) in [5, 5.41) is 9.68. The summed E-state index contributed by atoms with van der Waals surface area (Å²) in [4.78, 5) is 0. The van der Waals surface area contributed by atoms with Gasteiger partial charge < -0.3 is 5.11 Å². The van der Waals surface area contributed by atoms with Crippen LogP contribution >= 0.6 is 15.9 Å². The van der Waals surface area contributed by atoms with E-state index in [1.807, 2.05) is 6.92 Å². The molecule has 13 heavy (non-hydrogen) atoms. The lowest BCUT2D eigenvalue weighted by atomic mass is 10.1. The molecule has 1 nitrogen and oxygen atoms in total. The third-order valence-electron chi connectivity index (χ3n) is 2.61. The summed E-state index contributed by atoms with van der Waals surface area (Å²) in [6.45, 7) is 2.01. The summed E-state index contributed by atoms with van der Waals surface area (Å²) in [5.74, 6) is 6.15. The monoisotopic (exact) mass is 238 g/mol. The lowest BCUT2D eigenvalue weighted by Crippen LogP contribution is -2.03. The lowest BCUT2D eigenvalue weighted by Gasteiger charge is -2.05. The molecule has 0 bridgehead atoms. The zero-order valence-corrected chi connectivity index (χ0v) is 9.11. The van der Waals surface area contributed by atoms with Gasteiger partial charge in [-0.05, 0) is 46.8 Å². The number of hydrogen-bond acceptors (Lipinski definition) is 1. The predicted molar refractivity (Wildman–Crippen MR) is 56.3 cm³/mol. The van der Waals surface area contributed by atoms with Crippen molar-refractivity contribution in [1.82, 2.24) is 0 Å². The number of allylic oxidation sites excluding steroid dienone is 3. The van der Waals surface area contributed by atoms with Gasteiger partial charge in [0.2, 0.25) is 0 Å². The summed E-state index contributed by atoms with van der Waals surface area (Å²) in [5.41, 5.74) is 3.47. The summed E-state index contributed by atoms with van der Waals surface area (Å²) in [6, 6.07) is 0. The number of halogens is 1. The van der Waals surface area contributed by atoms with Gasteiger partial charge >= 0.3 is 0 Å². The van der Waals surface area contributed by atoms with E-state index in [0.717, 1.165) is 34.9 Å². The number of rotatable bonds is 0. The molecule has 0 fully saturated rings. The van der Waals surface area contributed by atoms with Crippen LogP contribution < -0.4 is 0 Å². The molecule has 0 radical (unpaired) electrons. The van der Waals surface area contributed by atoms with Crippen molar-refractivity contribution in [3.63, 3.8) is 0 Å². The van der Waals surface area contributed by atoms with Crippen molar-refractivity contribution < 1.29 is 5.11 Å². The van der Waals surface area contributed by atoms with E-state index in [0.29, 0.717) is 0 Å². The van der Waals surface area contributed by atoms with Crippen molar-refractivity contribution in [3.05, 3.63) is 21.2 Å². The second kappa shape index (κ2) is 3.32. The zero-order chi connectivity index (χ0) is 9.42. The normalized spacial score (nSPS) is 26.8. The third kappa shape index (κ3) is 1.47. The van der Waals surface area contributed by atoms with Gasteiger partial charge in [0.25, 0.3) is 0 Å². The minimum atomic E-state index is -0.261. The summed E-state index contributed by atoms with van der Waals surface area (Å²) in [6.07, 6.45) is 2.29. The zero-order valence-electron chi connectivity index (χ0n) is 7.52. The summed E-state index contributed by atoms with van der Waals surface area (Å²) < 4.78 is 1.10. The first-order valence-electron chi connectivity index (χ1n) is 4.45. The maximum absolute atomic E-state index is 9.68. The highest BCUT2D eigenvalue weighted by Crippen LogP contribution is 2.38. The first-order valence-corrected chi connectivity index (χ1v) is 5.25. The molecule has 0 aromatic carbocycles. The fraction of sp³-hybridized carbons (Fsp3) is 0.455. The van der Waals surface area contributed by atoms with Crippen LogP contribution in [-0.4, -0.2) is 11.2 Å². The van der Waals surface area contributed by atoms with Gasteiger partial charge in [-0.2, -0.15) is 0 Å². The summed E-state index contributed by atoms with van der Waals surface area (Å²) in [7, 11) is 0. The topological polar surface area (TPSA) is 20.2 Å². The molecule has 0 aliphatic heterocycles. The van der Waals surface area contributed by atoms with Crippen molar-refractivity contribution in [2.45, 2.75) is 32.3 Å². The largest absolute Gasteiger partial charge is 0.389 e. The Balaban J connectivity index is 2.49. The van der Waals surface area contributed by atoms with E-state index in [1.165, 1.54) is 5.57 Å².